The average Bonchev–Trinajstić information content (AvgIpc) is 2.28. The third kappa shape index (κ3) is 4.88. The van der Waals surface area contributed by atoms with Gasteiger partial charge in [0.15, 0.2) is 0 Å². The Kier molecular flexibility index (Phi) is 5.65. The zero-order chi connectivity index (χ0) is 12.8. The van der Waals surface area contributed by atoms with Crippen LogP contribution < -0.4 is 11.1 Å². The summed E-state index contributed by atoms with van der Waals surface area (Å²) >= 11 is 3.42. The van der Waals surface area contributed by atoms with E-state index in [-0.39, 0.29) is 18.0 Å². The summed E-state index contributed by atoms with van der Waals surface area (Å²) in [5.74, 6) is 0.00632. The highest BCUT2D eigenvalue weighted by Gasteiger charge is 2.12. The molecule has 3 N–H and O–H groups in total. The summed E-state index contributed by atoms with van der Waals surface area (Å²) in [5, 5.41) is 2.95. The first-order valence-electron chi connectivity index (χ1n) is 5.83. The van der Waals surface area contributed by atoms with Crippen molar-refractivity contribution in [2.45, 2.75) is 38.8 Å². The lowest BCUT2D eigenvalue weighted by Crippen LogP contribution is -2.32. The Morgan fingerprint density at radius 3 is 2.82 bits per heavy atom. The highest BCUT2D eigenvalue weighted by atomic mass is 79.9. The van der Waals surface area contributed by atoms with Gasteiger partial charge in [0.2, 0.25) is 5.91 Å². The minimum atomic E-state index is -0.0512. The fourth-order valence-corrected chi connectivity index (χ4v) is 1.96. The number of benzene rings is 1. The quantitative estimate of drug-likeness (QED) is 0.878. The number of nitrogens with two attached hydrogens (primary N) is 1. The normalized spacial score (nSPS) is 14.1. The molecule has 0 bridgehead atoms. The topological polar surface area (TPSA) is 55.1 Å². The standard InChI is InChI=1S/C13H19BrN2O/c1-3-12(15)8-13(17)16-9(2)10-5-4-6-11(14)7-10/h4-7,9,12H,3,8,15H2,1-2H3,(H,16,17)/t9-,12?/m1/s1. The maximum Gasteiger partial charge on any atom is 0.222 e. The molecule has 0 saturated carbocycles. The third-order valence-corrected chi connectivity index (χ3v) is 3.19. The molecule has 0 aliphatic carbocycles. The molecule has 2 atom stereocenters. The summed E-state index contributed by atoms with van der Waals surface area (Å²) in [7, 11) is 0. The SMILES string of the molecule is CCC(N)CC(=O)N[C@H](C)c1cccc(Br)c1. The van der Waals surface area contributed by atoms with Gasteiger partial charge in [-0.3, -0.25) is 4.79 Å². The maximum absolute atomic E-state index is 11.7. The largest absolute Gasteiger partial charge is 0.350 e. The van der Waals surface area contributed by atoms with Gasteiger partial charge in [0.05, 0.1) is 6.04 Å². The van der Waals surface area contributed by atoms with E-state index in [2.05, 4.69) is 21.2 Å². The molecular formula is C13H19BrN2O. The van der Waals surface area contributed by atoms with Crippen LogP contribution in [0.1, 0.15) is 38.3 Å². The van der Waals surface area contributed by atoms with Gasteiger partial charge in [-0.05, 0) is 31.0 Å². The van der Waals surface area contributed by atoms with Crippen LogP contribution in [-0.2, 0) is 4.79 Å². The predicted octanol–water partition coefficient (Wildman–Crippen LogP) is 2.75. The van der Waals surface area contributed by atoms with Crippen LogP contribution in [0.3, 0.4) is 0 Å². The molecule has 0 spiro atoms. The molecule has 0 aliphatic heterocycles. The molecule has 1 amide bonds. The van der Waals surface area contributed by atoms with Crippen molar-refractivity contribution in [1.82, 2.24) is 5.32 Å². The molecule has 0 fully saturated rings. The number of nitrogens with one attached hydrogen (secondary N) is 1. The second kappa shape index (κ2) is 6.77. The monoisotopic (exact) mass is 298 g/mol. The lowest BCUT2D eigenvalue weighted by atomic mass is 10.1. The van der Waals surface area contributed by atoms with Gasteiger partial charge in [0, 0.05) is 16.9 Å². The number of carbonyl (C=O) groups excluding carboxylic acids is 1. The van der Waals surface area contributed by atoms with Crippen LogP contribution in [0.4, 0.5) is 0 Å². The van der Waals surface area contributed by atoms with Crippen LogP contribution in [-0.4, -0.2) is 11.9 Å². The number of rotatable bonds is 5. The Morgan fingerprint density at radius 2 is 2.24 bits per heavy atom. The van der Waals surface area contributed by atoms with E-state index in [4.69, 9.17) is 5.73 Å². The second-order valence-electron chi connectivity index (χ2n) is 4.22. The highest BCUT2D eigenvalue weighted by molar-refractivity contribution is 9.10. The van der Waals surface area contributed by atoms with Crippen molar-refractivity contribution >= 4 is 21.8 Å². The zero-order valence-electron chi connectivity index (χ0n) is 10.2. The smallest absolute Gasteiger partial charge is 0.222 e. The van der Waals surface area contributed by atoms with E-state index in [1.807, 2.05) is 38.1 Å². The summed E-state index contributed by atoms with van der Waals surface area (Å²) in [6.45, 7) is 3.95. The van der Waals surface area contributed by atoms with Gasteiger partial charge in [0.1, 0.15) is 0 Å². The van der Waals surface area contributed by atoms with E-state index < -0.39 is 0 Å². The van der Waals surface area contributed by atoms with Crippen LogP contribution in [0.15, 0.2) is 28.7 Å². The van der Waals surface area contributed by atoms with Crippen molar-refractivity contribution in [3.8, 4) is 0 Å². The van der Waals surface area contributed by atoms with Gasteiger partial charge >= 0.3 is 0 Å². The number of hydrogen-bond acceptors (Lipinski definition) is 2. The number of amides is 1. The van der Waals surface area contributed by atoms with Crippen LogP contribution in [0.2, 0.25) is 0 Å². The van der Waals surface area contributed by atoms with Gasteiger partial charge in [-0.15, -0.1) is 0 Å². The van der Waals surface area contributed by atoms with Crippen LogP contribution in [0.25, 0.3) is 0 Å². The Balaban J connectivity index is 2.54. The van der Waals surface area contributed by atoms with E-state index in [0.29, 0.717) is 6.42 Å². The molecule has 0 radical (unpaired) electrons. The van der Waals surface area contributed by atoms with Gasteiger partial charge in [-0.1, -0.05) is 35.0 Å². The van der Waals surface area contributed by atoms with Crippen molar-refractivity contribution in [2.75, 3.05) is 0 Å². The molecule has 17 heavy (non-hydrogen) atoms. The Labute approximate surface area is 111 Å². The van der Waals surface area contributed by atoms with Crippen LogP contribution >= 0.6 is 15.9 Å². The third-order valence-electron chi connectivity index (χ3n) is 2.70. The van der Waals surface area contributed by atoms with Crippen LogP contribution in [0.5, 0.6) is 0 Å². The first-order valence-corrected chi connectivity index (χ1v) is 6.62. The summed E-state index contributed by atoms with van der Waals surface area (Å²) in [5.41, 5.74) is 6.83. The van der Waals surface area contributed by atoms with Crippen molar-refractivity contribution in [3.05, 3.63) is 34.3 Å². The summed E-state index contributed by atoms with van der Waals surface area (Å²) in [6.07, 6.45) is 1.20. The summed E-state index contributed by atoms with van der Waals surface area (Å²) < 4.78 is 1.02. The molecule has 3 nitrogen and oxygen atoms in total. The van der Waals surface area contributed by atoms with E-state index in [1.165, 1.54) is 0 Å². The average molecular weight is 299 g/mol. The fraction of sp³-hybridized carbons (Fsp3) is 0.462. The van der Waals surface area contributed by atoms with Crippen molar-refractivity contribution in [1.29, 1.82) is 0 Å². The van der Waals surface area contributed by atoms with Crippen molar-refractivity contribution in [2.24, 2.45) is 5.73 Å². The Morgan fingerprint density at radius 1 is 1.53 bits per heavy atom. The zero-order valence-corrected chi connectivity index (χ0v) is 11.8. The van der Waals surface area contributed by atoms with Gasteiger partial charge < -0.3 is 11.1 Å². The van der Waals surface area contributed by atoms with Gasteiger partial charge in [-0.25, -0.2) is 0 Å². The summed E-state index contributed by atoms with van der Waals surface area (Å²) in [4.78, 5) is 11.7. The first kappa shape index (κ1) is 14.2. The molecule has 1 unspecified atom stereocenters. The molecule has 1 aromatic rings. The lowest BCUT2D eigenvalue weighted by Gasteiger charge is -2.16. The Bertz CT molecular complexity index is 381. The molecule has 94 valence electrons. The molecule has 1 aromatic carbocycles. The molecule has 1 rings (SSSR count). The maximum atomic E-state index is 11.7. The predicted molar refractivity (Wildman–Crippen MR) is 73.6 cm³/mol. The van der Waals surface area contributed by atoms with E-state index in [9.17, 15) is 4.79 Å². The molecular weight excluding hydrogens is 280 g/mol. The Hall–Kier alpha value is -0.870. The minimum Gasteiger partial charge on any atom is -0.350 e. The van der Waals surface area contributed by atoms with E-state index >= 15 is 0 Å². The fourth-order valence-electron chi connectivity index (χ4n) is 1.54. The molecule has 0 aromatic heterocycles. The van der Waals surface area contributed by atoms with E-state index in [0.717, 1.165) is 16.5 Å². The minimum absolute atomic E-state index is 0.00376. The summed E-state index contributed by atoms with van der Waals surface area (Å²) in [6, 6.07) is 7.87. The van der Waals surface area contributed by atoms with Gasteiger partial charge in [-0.2, -0.15) is 0 Å². The lowest BCUT2D eigenvalue weighted by molar-refractivity contribution is -0.122. The molecule has 4 heteroatoms. The van der Waals surface area contributed by atoms with E-state index in [1.54, 1.807) is 0 Å². The van der Waals surface area contributed by atoms with Gasteiger partial charge in [0.25, 0.3) is 0 Å². The number of hydrogen-bond donors (Lipinski definition) is 2. The van der Waals surface area contributed by atoms with Crippen molar-refractivity contribution < 1.29 is 4.79 Å². The molecule has 0 aliphatic rings. The van der Waals surface area contributed by atoms with Crippen LogP contribution in [0, 0.1) is 0 Å². The number of carbonyl (C=O) groups is 1. The second-order valence-corrected chi connectivity index (χ2v) is 5.13. The highest BCUT2D eigenvalue weighted by Crippen LogP contribution is 2.17. The first-order chi connectivity index (χ1) is 8.02. The molecule has 0 saturated heterocycles. The number of halogens is 1. The van der Waals surface area contributed by atoms with Crippen molar-refractivity contribution in [3.63, 3.8) is 0 Å². The molecule has 0 heterocycles.